The molecule has 23 heavy (non-hydrogen) atoms. The predicted molar refractivity (Wildman–Crippen MR) is 90.5 cm³/mol. The molecule has 0 saturated carbocycles. The Kier molecular flexibility index (Phi) is 5.77. The zero-order chi connectivity index (χ0) is 16.7. The standard InChI is InChI=1S/C19H23NO3/c1-3-23-18(21)19(14-20,13-15-8-5-4-6-9-15)16-10-7-11-17(12-16)22-2/h4-12H,3,13-14,20H2,1-2H3/t19-/m1/s1. The number of carbonyl (C=O) groups is 1. The molecule has 0 bridgehead atoms. The van der Waals surface area contributed by atoms with E-state index in [2.05, 4.69) is 0 Å². The summed E-state index contributed by atoms with van der Waals surface area (Å²) in [5.74, 6) is 0.386. The van der Waals surface area contributed by atoms with Crippen molar-refractivity contribution in [1.29, 1.82) is 0 Å². The second kappa shape index (κ2) is 7.79. The molecule has 2 rings (SSSR count). The Balaban J connectivity index is 2.50. The van der Waals surface area contributed by atoms with Crippen molar-refractivity contribution >= 4 is 5.97 Å². The molecule has 2 aromatic rings. The number of carbonyl (C=O) groups excluding carboxylic acids is 1. The van der Waals surface area contributed by atoms with Gasteiger partial charge in [-0.2, -0.15) is 0 Å². The molecular formula is C19H23NO3. The van der Waals surface area contributed by atoms with Crippen molar-refractivity contribution in [2.45, 2.75) is 18.8 Å². The van der Waals surface area contributed by atoms with Crippen molar-refractivity contribution in [3.8, 4) is 5.75 Å². The SMILES string of the molecule is CCOC(=O)[C@@](CN)(Cc1ccccc1)c1cccc(OC)c1. The first-order chi connectivity index (χ1) is 11.2. The van der Waals surface area contributed by atoms with E-state index in [1.54, 1.807) is 14.0 Å². The molecule has 2 N–H and O–H groups in total. The maximum absolute atomic E-state index is 12.8. The van der Waals surface area contributed by atoms with Crippen LogP contribution in [-0.4, -0.2) is 26.2 Å². The Hall–Kier alpha value is -2.33. The molecule has 0 heterocycles. The average Bonchev–Trinajstić information content (AvgIpc) is 2.61. The number of esters is 1. The fourth-order valence-electron chi connectivity index (χ4n) is 2.70. The van der Waals surface area contributed by atoms with E-state index >= 15 is 0 Å². The molecule has 122 valence electrons. The van der Waals surface area contributed by atoms with Gasteiger partial charge in [-0.15, -0.1) is 0 Å². The summed E-state index contributed by atoms with van der Waals surface area (Å²) in [5, 5.41) is 0. The molecule has 0 aliphatic rings. The van der Waals surface area contributed by atoms with Gasteiger partial charge in [0.05, 0.1) is 13.7 Å². The van der Waals surface area contributed by atoms with Crippen LogP contribution in [0.1, 0.15) is 18.1 Å². The minimum atomic E-state index is -0.925. The van der Waals surface area contributed by atoms with E-state index in [1.165, 1.54) is 0 Å². The molecule has 0 radical (unpaired) electrons. The van der Waals surface area contributed by atoms with E-state index < -0.39 is 5.41 Å². The first-order valence-electron chi connectivity index (χ1n) is 7.72. The second-order valence-corrected chi connectivity index (χ2v) is 5.40. The second-order valence-electron chi connectivity index (χ2n) is 5.40. The molecule has 0 amide bonds. The molecule has 0 fully saturated rings. The third kappa shape index (κ3) is 3.71. The smallest absolute Gasteiger partial charge is 0.318 e. The summed E-state index contributed by atoms with van der Waals surface area (Å²) >= 11 is 0. The number of benzene rings is 2. The zero-order valence-corrected chi connectivity index (χ0v) is 13.6. The topological polar surface area (TPSA) is 61.5 Å². The van der Waals surface area contributed by atoms with Crippen LogP contribution in [0.5, 0.6) is 5.75 Å². The van der Waals surface area contributed by atoms with Crippen LogP contribution < -0.4 is 10.5 Å². The molecule has 0 spiro atoms. The summed E-state index contributed by atoms with van der Waals surface area (Å²) < 4.78 is 10.6. The number of hydrogen-bond acceptors (Lipinski definition) is 4. The van der Waals surface area contributed by atoms with E-state index in [-0.39, 0.29) is 12.5 Å². The van der Waals surface area contributed by atoms with Crippen molar-refractivity contribution in [1.82, 2.24) is 0 Å². The van der Waals surface area contributed by atoms with Crippen LogP contribution in [0.2, 0.25) is 0 Å². The van der Waals surface area contributed by atoms with Gasteiger partial charge in [0.15, 0.2) is 0 Å². The first kappa shape index (κ1) is 17.0. The minimum absolute atomic E-state index is 0.161. The molecule has 0 aromatic heterocycles. The highest BCUT2D eigenvalue weighted by molar-refractivity contribution is 5.84. The third-order valence-electron chi connectivity index (χ3n) is 3.99. The molecule has 4 nitrogen and oxygen atoms in total. The van der Waals surface area contributed by atoms with Crippen LogP contribution >= 0.6 is 0 Å². The predicted octanol–water partition coefficient (Wildman–Crippen LogP) is 2.70. The Bertz CT molecular complexity index is 642. The van der Waals surface area contributed by atoms with Gasteiger partial charge in [0.25, 0.3) is 0 Å². The highest BCUT2D eigenvalue weighted by atomic mass is 16.5. The number of hydrogen-bond donors (Lipinski definition) is 1. The van der Waals surface area contributed by atoms with Gasteiger partial charge in [-0.3, -0.25) is 4.79 Å². The quantitative estimate of drug-likeness (QED) is 0.798. The molecule has 4 heteroatoms. The number of rotatable bonds is 7. The summed E-state index contributed by atoms with van der Waals surface area (Å²) in [6.45, 7) is 2.28. The lowest BCUT2D eigenvalue weighted by Gasteiger charge is -2.31. The molecular weight excluding hydrogens is 290 g/mol. The summed E-state index contributed by atoms with van der Waals surface area (Å²) in [4.78, 5) is 12.8. The minimum Gasteiger partial charge on any atom is -0.497 e. The molecule has 0 aliphatic heterocycles. The van der Waals surface area contributed by atoms with Crippen LogP contribution in [-0.2, 0) is 21.4 Å². The Labute approximate surface area is 137 Å². The molecule has 0 aliphatic carbocycles. The maximum atomic E-state index is 12.8. The molecule has 0 unspecified atom stereocenters. The van der Waals surface area contributed by atoms with Crippen LogP contribution in [0.25, 0.3) is 0 Å². The van der Waals surface area contributed by atoms with Gasteiger partial charge in [-0.05, 0) is 36.6 Å². The van der Waals surface area contributed by atoms with Crippen LogP contribution in [0.3, 0.4) is 0 Å². The molecule has 2 aromatic carbocycles. The lowest BCUT2D eigenvalue weighted by Crippen LogP contribution is -2.46. The van der Waals surface area contributed by atoms with E-state index in [9.17, 15) is 4.79 Å². The van der Waals surface area contributed by atoms with Gasteiger partial charge in [0.2, 0.25) is 0 Å². The van der Waals surface area contributed by atoms with Gasteiger partial charge in [-0.1, -0.05) is 42.5 Å². The van der Waals surface area contributed by atoms with Crippen LogP contribution in [0.4, 0.5) is 0 Å². The van der Waals surface area contributed by atoms with Gasteiger partial charge in [0, 0.05) is 6.54 Å². The van der Waals surface area contributed by atoms with Gasteiger partial charge < -0.3 is 15.2 Å². The third-order valence-corrected chi connectivity index (χ3v) is 3.99. The average molecular weight is 313 g/mol. The van der Waals surface area contributed by atoms with Gasteiger partial charge >= 0.3 is 5.97 Å². The summed E-state index contributed by atoms with van der Waals surface area (Å²) in [6, 6.07) is 17.3. The maximum Gasteiger partial charge on any atom is 0.318 e. The summed E-state index contributed by atoms with van der Waals surface area (Å²) in [6.07, 6.45) is 0.482. The monoisotopic (exact) mass is 313 g/mol. The molecule has 1 atom stereocenters. The molecule has 0 saturated heterocycles. The van der Waals surface area contributed by atoms with Crippen molar-refractivity contribution < 1.29 is 14.3 Å². The van der Waals surface area contributed by atoms with Crippen molar-refractivity contribution in [2.75, 3.05) is 20.3 Å². The fourth-order valence-corrected chi connectivity index (χ4v) is 2.70. The van der Waals surface area contributed by atoms with Gasteiger partial charge in [-0.25, -0.2) is 0 Å². The van der Waals surface area contributed by atoms with Crippen molar-refractivity contribution in [3.63, 3.8) is 0 Å². The van der Waals surface area contributed by atoms with Gasteiger partial charge in [0.1, 0.15) is 11.2 Å². The summed E-state index contributed by atoms with van der Waals surface area (Å²) in [7, 11) is 1.60. The number of methoxy groups -OCH3 is 1. The van der Waals surface area contributed by atoms with E-state index in [1.807, 2.05) is 54.6 Å². The van der Waals surface area contributed by atoms with E-state index in [4.69, 9.17) is 15.2 Å². The van der Waals surface area contributed by atoms with Crippen LogP contribution in [0, 0.1) is 0 Å². The van der Waals surface area contributed by atoms with Crippen LogP contribution in [0.15, 0.2) is 54.6 Å². The highest BCUT2D eigenvalue weighted by Gasteiger charge is 2.41. The zero-order valence-electron chi connectivity index (χ0n) is 13.6. The van der Waals surface area contributed by atoms with Crippen molar-refractivity contribution in [2.24, 2.45) is 5.73 Å². The summed E-state index contributed by atoms with van der Waals surface area (Å²) in [5.41, 5.74) is 6.99. The Morgan fingerprint density at radius 3 is 2.48 bits per heavy atom. The highest BCUT2D eigenvalue weighted by Crippen LogP contribution is 2.31. The first-order valence-corrected chi connectivity index (χ1v) is 7.72. The normalized spacial score (nSPS) is 13.2. The number of nitrogens with two attached hydrogens (primary N) is 1. The van der Waals surface area contributed by atoms with E-state index in [0.29, 0.717) is 18.8 Å². The Morgan fingerprint density at radius 2 is 1.87 bits per heavy atom. The largest absolute Gasteiger partial charge is 0.497 e. The lowest BCUT2D eigenvalue weighted by atomic mass is 9.75. The number of ether oxygens (including phenoxy) is 2. The fraction of sp³-hybridized carbons (Fsp3) is 0.316. The Morgan fingerprint density at radius 1 is 1.13 bits per heavy atom. The lowest BCUT2D eigenvalue weighted by molar-refractivity contribution is -0.149. The van der Waals surface area contributed by atoms with E-state index in [0.717, 1.165) is 11.1 Å². The van der Waals surface area contributed by atoms with Crippen molar-refractivity contribution in [3.05, 3.63) is 65.7 Å².